The quantitative estimate of drug-likeness (QED) is 0.840. The van der Waals surface area contributed by atoms with Gasteiger partial charge in [0, 0.05) is 5.54 Å². The lowest BCUT2D eigenvalue weighted by molar-refractivity contribution is 0.314. The molecule has 1 aromatic carbocycles. The van der Waals surface area contributed by atoms with E-state index >= 15 is 0 Å². The Morgan fingerprint density at radius 3 is 2.32 bits per heavy atom. The van der Waals surface area contributed by atoms with Gasteiger partial charge in [-0.05, 0) is 57.2 Å². The first-order chi connectivity index (χ1) is 8.83. The summed E-state index contributed by atoms with van der Waals surface area (Å²) in [6.07, 6.45) is 1.07. The highest BCUT2D eigenvalue weighted by Gasteiger charge is 2.17. The number of nitrogens with one attached hydrogen (secondary N) is 1. The Kier molecular flexibility index (Phi) is 5.86. The van der Waals surface area contributed by atoms with Crippen LogP contribution in [-0.2, 0) is 6.42 Å². The van der Waals surface area contributed by atoms with Crippen molar-refractivity contribution in [3.8, 4) is 5.75 Å². The summed E-state index contributed by atoms with van der Waals surface area (Å²) in [4.78, 5) is 0. The Hall–Kier alpha value is -1.02. The summed E-state index contributed by atoms with van der Waals surface area (Å²) in [6.45, 7) is 12.3. The van der Waals surface area contributed by atoms with Crippen LogP contribution in [0.4, 0.5) is 0 Å². The first-order valence-electron chi connectivity index (χ1n) is 7.20. The molecule has 108 valence electrons. The van der Waals surface area contributed by atoms with E-state index < -0.39 is 0 Å². The molecule has 2 heteroatoms. The van der Waals surface area contributed by atoms with Gasteiger partial charge in [-0.1, -0.05) is 32.0 Å². The van der Waals surface area contributed by atoms with E-state index in [1.807, 2.05) is 12.1 Å². The predicted octanol–water partition coefficient (Wildman–Crippen LogP) is 3.90. The van der Waals surface area contributed by atoms with E-state index in [-0.39, 0.29) is 5.54 Å². The smallest absolute Gasteiger partial charge is 0.122 e. The van der Waals surface area contributed by atoms with Gasteiger partial charge in [0.15, 0.2) is 0 Å². The van der Waals surface area contributed by atoms with Crippen molar-refractivity contribution in [1.29, 1.82) is 0 Å². The van der Waals surface area contributed by atoms with Gasteiger partial charge in [0.05, 0.1) is 7.11 Å². The van der Waals surface area contributed by atoms with Crippen LogP contribution in [0.1, 0.15) is 40.2 Å². The fraction of sp³-hybridized carbons (Fsp3) is 0.647. The van der Waals surface area contributed by atoms with Gasteiger partial charge in [-0.3, -0.25) is 0 Å². The second-order valence-electron chi connectivity index (χ2n) is 6.60. The summed E-state index contributed by atoms with van der Waals surface area (Å²) in [7, 11) is 1.74. The van der Waals surface area contributed by atoms with Crippen molar-refractivity contribution in [2.45, 2.75) is 46.6 Å². The Balaban J connectivity index is 2.56. The Morgan fingerprint density at radius 2 is 1.74 bits per heavy atom. The molecule has 0 heterocycles. The van der Waals surface area contributed by atoms with Crippen LogP contribution in [0.3, 0.4) is 0 Å². The molecule has 0 bridgehead atoms. The molecule has 1 N–H and O–H groups in total. The molecule has 0 fully saturated rings. The van der Waals surface area contributed by atoms with Gasteiger partial charge in [0.1, 0.15) is 5.75 Å². The lowest BCUT2D eigenvalue weighted by Gasteiger charge is -2.27. The Labute approximate surface area is 118 Å². The molecule has 0 saturated carbocycles. The molecule has 2 atom stereocenters. The molecule has 0 aliphatic rings. The summed E-state index contributed by atoms with van der Waals surface area (Å²) in [5.41, 5.74) is 1.50. The number of hydrogen-bond donors (Lipinski definition) is 1. The first kappa shape index (κ1) is 16.0. The summed E-state index contributed by atoms with van der Waals surface area (Å²) < 4.78 is 5.42. The van der Waals surface area contributed by atoms with Crippen LogP contribution in [0.15, 0.2) is 24.3 Å². The van der Waals surface area contributed by atoms with Crippen molar-refractivity contribution in [2.75, 3.05) is 13.7 Å². The molecule has 2 unspecified atom stereocenters. The van der Waals surface area contributed by atoms with Gasteiger partial charge >= 0.3 is 0 Å². The minimum atomic E-state index is 0.193. The summed E-state index contributed by atoms with van der Waals surface area (Å²) in [5, 5.41) is 3.59. The number of hydrogen-bond acceptors (Lipinski definition) is 2. The van der Waals surface area contributed by atoms with E-state index in [4.69, 9.17) is 4.74 Å². The minimum absolute atomic E-state index is 0.193. The largest absolute Gasteiger partial charge is 0.496 e. The topological polar surface area (TPSA) is 21.3 Å². The lowest BCUT2D eigenvalue weighted by Crippen LogP contribution is -2.40. The van der Waals surface area contributed by atoms with Crippen LogP contribution >= 0.6 is 0 Å². The summed E-state index contributed by atoms with van der Waals surface area (Å²) in [6, 6.07) is 8.32. The van der Waals surface area contributed by atoms with Gasteiger partial charge in [-0.2, -0.15) is 0 Å². The predicted molar refractivity (Wildman–Crippen MR) is 82.8 cm³/mol. The average Bonchev–Trinajstić information content (AvgIpc) is 2.35. The molecule has 0 aliphatic carbocycles. The standard InChI is InChI=1S/C17H29NO/c1-13(14(2)12-18-17(3,4)5)11-15-9-7-8-10-16(15)19-6/h7-10,13-14,18H,11-12H2,1-6H3. The molecule has 19 heavy (non-hydrogen) atoms. The minimum Gasteiger partial charge on any atom is -0.496 e. The third kappa shape index (κ3) is 5.65. The second-order valence-corrected chi connectivity index (χ2v) is 6.60. The zero-order chi connectivity index (χ0) is 14.5. The zero-order valence-corrected chi connectivity index (χ0v) is 13.3. The van der Waals surface area contributed by atoms with Crippen molar-refractivity contribution in [3.63, 3.8) is 0 Å². The molecule has 1 rings (SSSR count). The van der Waals surface area contributed by atoms with Crippen LogP contribution in [0, 0.1) is 11.8 Å². The second kappa shape index (κ2) is 6.95. The summed E-state index contributed by atoms with van der Waals surface area (Å²) >= 11 is 0. The molecule has 0 saturated heterocycles. The van der Waals surface area contributed by atoms with Crippen molar-refractivity contribution < 1.29 is 4.74 Å². The molecule has 1 aromatic rings. The highest BCUT2D eigenvalue weighted by atomic mass is 16.5. The first-order valence-corrected chi connectivity index (χ1v) is 7.20. The molecule has 0 aliphatic heterocycles. The monoisotopic (exact) mass is 263 g/mol. The van der Waals surface area contributed by atoms with Crippen molar-refractivity contribution >= 4 is 0 Å². The molecule has 2 nitrogen and oxygen atoms in total. The highest BCUT2D eigenvalue weighted by molar-refractivity contribution is 5.33. The maximum Gasteiger partial charge on any atom is 0.122 e. The van der Waals surface area contributed by atoms with E-state index in [0.29, 0.717) is 11.8 Å². The lowest BCUT2D eigenvalue weighted by atomic mass is 9.88. The SMILES string of the molecule is COc1ccccc1CC(C)C(C)CNC(C)(C)C. The summed E-state index contributed by atoms with van der Waals surface area (Å²) in [5.74, 6) is 2.28. The molecule has 0 aromatic heterocycles. The number of para-hydroxylation sites is 1. The third-order valence-corrected chi connectivity index (χ3v) is 3.66. The molecule has 0 amide bonds. The van der Waals surface area contributed by atoms with Crippen molar-refractivity contribution in [3.05, 3.63) is 29.8 Å². The van der Waals surface area contributed by atoms with Crippen LogP contribution in [0.5, 0.6) is 5.75 Å². The van der Waals surface area contributed by atoms with Gasteiger partial charge in [-0.15, -0.1) is 0 Å². The van der Waals surface area contributed by atoms with Crippen LogP contribution in [0.25, 0.3) is 0 Å². The van der Waals surface area contributed by atoms with Crippen LogP contribution in [-0.4, -0.2) is 19.2 Å². The number of benzene rings is 1. The molecule has 0 spiro atoms. The number of methoxy groups -OCH3 is 1. The third-order valence-electron chi connectivity index (χ3n) is 3.66. The maximum atomic E-state index is 5.42. The highest BCUT2D eigenvalue weighted by Crippen LogP contribution is 2.24. The van der Waals surface area contributed by atoms with E-state index in [1.54, 1.807) is 7.11 Å². The fourth-order valence-corrected chi connectivity index (χ4v) is 2.09. The van der Waals surface area contributed by atoms with Gasteiger partial charge < -0.3 is 10.1 Å². The fourth-order valence-electron chi connectivity index (χ4n) is 2.09. The van der Waals surface area contributed by atoms with E-state index in [0.717, 1.165) is 18.7 Å². The Morgan fingerprint density at radius 1 is 1.11 bits per heavy atom. The zero-order valence-electron chi connectivity index (χ0n) is 13.3. The van der Waals surface area contributed by atoms with Gasteiger partial charge in [-0.25, -0.2) is 0 Å². The Bertz CT molecular complexity index is 381. The average molecular weight is 263 g/mol. The number of ether oxygens (including phenoxy) is 1. The van der Waals surface area contributed by atoms with Crippen LogP contribution < -0.4 is 10.1 Å². The van der Waals surface area contributed by atoms with E-state index in [2.05, 4.69) is 52.1 Å². The molecular weight excluding hydrogens is 234 g/mol. The van der Waals surface area contributed by atoms with Crippen LogP contribution in [0.2, 0.25) is 0 Å². The molecular formula is C17H29NO. The van der Waals surface area contributed by atoms with Gasteiger partial charge in [0.25, 0.3) is 0 Å². The molecule has 0 radical (unpaired) electrons. The van der Waals surface area contributed by atoms with Gasteiger partial charge in [0.2, 0.25) is 0 Å². The number of rotatable bonds is 6. The van der Waals surface area contributed by atoms with E-state index in [1.165, 1.54) is 5.56 Å². The maximum absolute atomic E-state index is 5.42. The van der Waals surface area contributed by atoms with E-state index in [9.17, 15) is 0 Å². The van der Waals surface area contributed by atoms with Crippen molar-refractivity contribution in [1.82, 2.24) is 5.32 Å². The normalized spacial score (nSPS) is 15.1. The van der Waals surface area contributed by atoms with Crippen molar-refractivity contribution in [2.24, 2.45) is 11.8 Å².